The molecule has 0 N–H and O–H groups in total. The van der Waals surface area contributed by atoms with E-state index >= 15 is 0 Å². The Hall–Kier alpha value is -1.96. The van der Waals surface area contributed by atoms with Gasteiger partial charge in [0.15, 0.2) is 0 Å². The maximum atomic E-state index is 11.5. The van der Waals surface area contributed by atoms with Gasteiger partial charge in [-0.2, -0.15) is 0 Å². The lowest BCUT2D eigenvalue weighted by Crippen LogP contribution is -2.39. The molecule has 8 heteroatoms. The number of benzene rings is 1. The highest BCUT2D eigenvalue weighted by atomic mass is 79.9. The normalized spacial score (nSPS) is 14.8. The van der Waals surface area contributed by atoms with Gasteiger partial charge in [0.1, 0.15) is 6.67 Å². The number of halogens is 1. The van der Waals surface area contributed by atoms with Crippen LogP contribution < -0.4 is 4.90 Å². The molecule has 1 aromatic rings. The summed E-state index contributed by atoms with van der Waals surface area (Å²) < 4.78 is 0.382. The molecule has 7 nitrogen and oxygen atoms in total. The first-order chi connectivity index (χ1) is 9.40. The van der Waals surface area contributed by atoms with E-state index in [0.717, 1.165) is 4.90 Å². The number of carbonyl (C=O) groups excluding carboxylic acids is 2. The van der Waals surface area contributed by atoms with E-state index in [-0.39, 0.29) is 37.0 Å². The first-order valence-electron chi connectivity index (χ1n) is 5.88. The van der Waals surface area contributed by atoms with E-state index in [1.54, 1.807) is 24.1 Å². The molecule has 0 bridgehead atoms. The number of rotatable bonds is 4. The number of imide groups is 1. The van der Waals surface area contributed by atoms with Gasteiger partial charge >= 0.3 is 0 Å². The van der Waals surface area contributed by atoms with E-state index in [1.807, 2.05) is 0 Å². The minimum atomic E-state index is -0.492. The fraction of sp³-hybridized carbons (Fsp3) is 0.333. The van der Waals surface area contributed by atoms with Gasteiger partial charge in [0.2, 0.25) is 11.8 Å². The smallest absolute Gasteiger partial charge is 0.285 e. The highest BCUT2D eigenvalue weighted by molar-refractivity contribution is 9.10. The minimum absolute atomic E-state index is 0.0616. The quantitative estimate of drug-likeness (QED) is 0.474. The zero-order valence-corrected chi connectivity index (χ0v) is 12.3. The standard InChI is InChI=1S/C12H12BrN3O4/c1-14(7-15-11(17)4-5-12(15)18)8-2-3-9(13)10(6-8)16(19)20/h2-3,6H,4-5,7H2,1H3. The molecule has 0 radical (unpaired) electrons. The van der Waals surface area contributed by atoms with E-state index in [4.69, 9.17) is 0 Å². The SMILES string of the molecule is CN(CN1C(=O)CCC1=O)c1ccc(Br)c([N+](=O)[O-])c1. The van der Waals surface area contributed by atoms with E-state index in [2.05, 4.69) is 15.9 Å². The number of hydrogen-bond acceptors (Lipinski definition) is 5. The number of carbonyl (C=O) groups is 2. The van der Waals surface area contributed by atoms with Crippen LogP contribution in [0.4, 0.5) is 11.4 Å². The molecule has 0 atom stereocenters. The van der Waals surface area contributed by atoms with Gasteiger partial charge in [-0.05, 0) is 28.1 Å². The monoisotopic (exact) mass is 341 g/mol. The van der Waals surface area contributed by atoms with Crippen molar-refractivity contribution in [3.63, 3.8) is 0 Å². The minimum Gasteiger partial charge on any atom is -0.356 e. The topological polar surface area (TPSA) is 83.8 Å². The van der Waals surface area contributed by atoms with E-state index in [1.165, 1.54) is 6.07 Å². The Bertz CT molecular complexity index is 574. The summed E-state index contributed by atoms with van der Waals surface area (Å²) >= 11 is 3.11. The molecule has 2 amide bonds. The molecule has 20 heavy (non-hydrogen) atoms. The third kappa shape index (κ3) is 2.79. The van der Waals surface area contributed by atoms with Crippen molar-refractivity contribution in [2.45, 2.75) is 12.8 Å². The predicted molar refractivity (Wildman–Crippen MR) is 75.2 cm³/mol. The molecule has 1 fully saturated rings. The Morgan fingerprint density at radius 1 is 1.35 bits per heavy atom. The number of anilines is 1. The maximum Gasteiger partial charge on any atom is 0.285 e. The number of hydrogen-bond donors (Lipinski definition) is 0. The highest BCUT2D eigenvalue weighted by Gasteiger charge is 2.29. The number of likely N-dealkylation sites (tertiary alicyclic amines) is 1. The van der Waals surface area contributed by atoms with Crippen LogP contribution in [0.15, 0.2) is 22.7 Å². The van der Waals surface area contributed by atoms with Crippen LogP contribution in [0.5, 0.6) is 0 Å². The lowest BCUT2D eigenvalue weighted by molar-refractivity contribution is -0.385. The van der Waals surface area contributed by atoms with E-state index < -0.39 is 4.92 Å². The van der Waals surface area contributed by atoms with Crippen molar-refractivity contribution in [2.24, 2.45) is 0 Å². The molecule has 0 aromatic heterocycles. The third-order valence-electron chi connectivity index (χ3n) is 3.08. The Kier molecular flexibility index (Phi) is 4.03. The summed E-state index contributed by atoms with van der Waals surface area (Å²) in [6.45, 7) is 0.0937. The molecule has 1 saturated heterocycles. The summed E-state index contributed by atoms with van der Waals surface area (Å²) in [5, 5.41) is 10.9. The van der Waals surface area contributed by atoms with Crippen molar-refractivity contribution >= 4 is 39.1 Å². The number of amides is 2. The fourth-order valence-electron chi connectivity index (χ4n) is 1.95. The molecule has 1 aliphatic rings. The summed E-state index contributed by atoms with van der Waals surface area (Å²) in [6, 6.07) is 4.65. The molecule has 0 spiro atoms. The van der Waals surface area contributed by atoms with Crippen LogP contribution in [0.2, 0.25) is 0 Å². The molecule has 106 valence electrons. The zero-order chi connectivity index (χ0) is 14.9. The number of nitro benzene ring substituents is 1. The number of nitro groups is 1. The van der Waals surface area contributed by atoms with Crippen LogP contribution in [0.3, 0.4) is 0 Å². The molecule has 2 rings (SSSR count). The van der Waals surface area contributed by atoms with Crippen LogP contribution in [0, 0.1) is 10.1 Å². The summed E-state index contributed by atoms with van der Waals surface area (Å²) in [4.78, 5) is 36.3. The summed E-state index contributed by atoms with van der Waals surface area (Å²) in [6.07, 6.45) is 0.459. The summed E-state index contributed by atoms with van der Waals surface area (Å²) in [7, 11) is 1.67. The van der Waals surface area contributed by atoms with E-state index in [9.17, 15) is 19.7 Å². The van der Waals surface area contributed by atoms with Crippen molar-refractivity contribution in [1.29, 1.82) is 0 Å². The van der Waals surface area contributed by atoms with Crippen molar-refractivity contribution < 1.29 is 14.5 Å². The third-order valence-corrected chi connectivity index (χ3v) is 3.75. The zero-order valence-electron chi connectivity index (χ0n) is 10.7. The van der Waals surface area contributed by atoms with Crippen molar-refractivity contribution in [2.75, 3.05) is 18.6 Å². The molecule has 1 aliphatic heterocycles. The number of nitrogens with zero attached hydrogens (tertiary/aromatic N) is 3. The van der Waals surface area contributed by atoms with E-state index in [0.29, 0.717) is 10.2 Å². The van der Waals surface area contributed by atoms with Gasteiger partial charge in [-0.15, -0.1) is 0 Å². The fourth-order valence-corrected chi connectivity index (χ4v) is 2.34. The molecular formula is C12H12BrN3O4. The van der Waals surface area contributed by atoms with Gasteiger partial charge in [-0.25, -0.2) is 0 Å². The molecular weight excluding hydrogens is 330 g/mol. The van der Waals surface area contributed by atoms with Crippen LogP contribution >= 0.6 is 15.9 Å². The Labute approximate surface area is 123 Å². The first kappa shape index (κ1) is 14.4. The van der Waals surface area contributed by atoms with Crippen molar-refractivity contribution in [3.05, 3.63) is 32.8 Å². The van der Waals surface area contributed by atoms with Gasteiger partial charge in [0.25, 0.3) is 5.69 Å². The van der Waals surface area contributed by atoms with Gasteiger partial charge in [0.05, 0.1) is 9.40 Å². The van der Waals surface area contributed by atoms with Crippen LogP contribution in [0.25, 0.3) is 0 Å². The maximum absolute atomic E-state index is 11.5. The van der Waals surface area contributed by atoms with Crippen LogP contribution in [-0.4, -0.2) is 35.4 Å². The average Bonchev–Trinajstić information content (AvgIpc) is 2.70. The van der Waals surface area contributed by atoms with Gasteiger partial charge in [0, 0.05) is 31.6 Å². The lowest BCUT2D eigenvalue weighted by atomic mass is 10.2. The second-order valence-corrected chi connectivity index (χ2v) is 5.30. The van der Waals surface area contributed by atoms with Crippen LogP contribution in [-0.2, 0) is 9.59 Å². The lowest BCUT2D eigenvalue weighted by Gasteiger charge is -2.24. The van der Waals surface area contributed by atoms with Gasteiger partial charge in [-0.3, -0.25) is 24.6 Å². The second-order valence-electron chi connectivity index (χ2n) is 4.45. The molecule has 0 saturated carbocycles. The highest BCUT2D eigenvalue weighted by Crippen LogP contribution is 2.29. The van der Waals surface area contributed by atoms with Crippen molar-refractivity contribution in [1.82, 2.24) is 4.90 Å². The first-order valence-corrected chi connectivity index (χ1v) is 6.67. The summed E-state index contributed by atoms with van der Waals surface area (Å²) in [5.41, 5.74) is 0.501. The molecule has 0 unspecified atom stereocenters. The molecule has 1 heterocycles. The Morgan fingerprint density at radius 3 is 2.50 bits per heavy atom. The van der Waals surface area contributed by atoms with Gasteiger partial charge < -0.3 is 4.90 Å². The molecule has 0 aliphatic carbocycles. The summed E-state index contributed by atoms with van der Waals surface area (Å²) in [5.74, 6) is -0.429. The predicted octanol–water partition coefficient (Wildman–Crippen LogP) is 1.90. The van der Waals surface area contributed by atoms with Crippen LogP contribution in [0.1, 0.15) is 12.8 Å². The Balaban J connectivity index is 2.19. The van der Waals surface area contributed by atoms with Crippen molar-refractivity contribution in [3.8, 4) is 0 Å². The molecule has 1 aromatic carbocycles. The average molecular weight is 342 g/mol. The Morgan fingerprint density at radius 2 is 1.95 bits per heavy atom. The largest absolute Gasteiger partial charge is 0.356 e. The second kappa shape index (κ2) is 5.58. The van der Waals surface area contributed by atoms with Gasteiger partial charge in [-0.1, -0.05) is 0 Å².